The van der Waals surface area contributed by atoms with Crippen molar-refractivity contribution >= 4 is 34.0 Å². The van der Waals surface area contributed by atoms with Gasteiger partial charge in [0, 0.05) is 38.9 Å². The van der Waals surface area contributed by atoms with Gasteiger partial charge in [-0.25, -0.2) is 13.1 Å². The maximum absolute atomic E-state index is 12.0. The van der Waals surface area contributed by atoms with Crippen molar-refractivity contribution in [3.8, 4) is 0 Å². The zero-order valence-corrected chi connectivity index (χ0v) is 14.7. The molecule has 0 spiro atoms. The first-order chi connectivity index (χ1) is 10.5. The monoisotopic (exact) mass is 365 g/mol. The van der Waals surface area contributed by atoms with E-state index in [9.17, 15) is 13.2 Å². The molecule has 1 aromatic rings. The second-order valence-electron chi connectivity index (χ2n) is 4.71. The van der Waals surface area contributed by atoms with Crippen molar-refractivity contribution in [3.05, 3.63) is 24.3 Å². The van der Waals surface area contributed by atoms with Gasteiger partial charge in [0.2, 0.25) is 15.9 Å². The van der Waals surface area contributed by atoms with Crippen LogP contribution in [0, 0.1) is 0 Å². The predicted molar refractivity (Wildman–Crippen MR) is 92.3 cm³/mol. The number of amides is 1. The Bertz CT molecular complexity index is 581. The van der Waals surface area contributed by atoms with E-state index in [0.29, 0.717) is 18.7 Å². The molecule has 9 heteroatoms. The molecule has 0 saturated carbocycles. The van der Waals surface area contributed by atoms with Crippen LogP contribution in [0.15, 0.2) is 29.2 Å². The van der Waals surface area contributed by atoms with Gasteiger partial charge in [-0.05, 0) is 31.0 Å². The fourth-order valence-electron chi connectivity index (χ4n) is 1.77. The molecule has 0 saturated heterocycles. The molecular formula is C14H24ClN3O4S. The third-order valence-corrected chi connectivity index (χ3v) is 4.33. The number of hydrogen-bond acceptors (Lipinski definition) is 5. The highest BCUT2D eigenvalue weighted by molar-refractivity contribution is 7.89. The first-order valence-corrected chi connectivity index (χ1v) is 8.56. The van der Waals surface area contributed by atoms with Crippen molar-refractivity contribution in [2.75, 3.05) is 32.1 Å². The normalized spacial score (nSPS) is 10.9. The number of carbonyl (C=O) groups is 1. The van der Waals surface area contributed by atoms with Crippen molar-refractivity contribution < 1.29 is 17.9 Å². The first kappa shape index (κ1) is 21.8. The minimum Gasteiger partial charge on any atom is -0.385 e. The largest absolute Gasteiger partial charge is 0.385 e. The summed E-state index contributed by atoms with van der Waals surface area (Å²) in [6.07, 6.45) is 1.89. The lowest BCUT2D eigenvalue weighted by atomic mass is 10.2. The molecule has 23 heavy (non-hydrogen) atoms. The van der Waals surface area contributed by atoms with Crippen LogP contribution < -0.4 is 15.8 Å². The molecule has 0 aromatic heterocycles. The van der Waals surface area contributed by atoms with E-state index in [-0.39, 0.29) is 36.3 Å². The van der Waals surface area contributed by atoms with Crippen LogP contribution in [0.5, 0.6) is 0 Å². The Morgan fingerprint density at radius 3 is 2.70 bits per heavy atom. The van der Waals surface area contributed by atoms with E-state index < -0.39 is 10.0 Å². The summed E-state index contributed by atoms with van der Waals surface area (Å²) in [6, 6.07) is 6.12. The standard InChI is InChI=1S/C14H23N3O4S.ClH/c1-21-10-3-2-7-14(18)17-12-5-4-6-13(11-12)22(19,20)16-9-8-15;/h4-6,11,16H,2-3,7-10,15H2,1H3,(H,17,18);1H. The molecule has 0 bridgehead atoms. The van der Waals surface area contributed by atoms with E-state index in [0.717, 1.165) is 12.8 Å². The molecule has 0 aliphatic rings. The second-order valence-corrected chi connectivity index (χ2v) is 6.48. The van der Waals surface area contributed by atoms with Crippen LogP contribution in [-0.2, 0) is 19.6 Å². The number of nitrogens with two attached hydrogens (primary N) is 1. The van der Waals surface area contributed by atoms with Crippen LogP contribution in [-0.4, -0.2) is 41.1 Å². The topological polar surface area (TPSA) is 111 Å². The average molecular weight is 366 g/mol. The number of rotatable bonds is 10. The molecule has 132 valence electrons. The first-order valence-electron chi connectivity index (χ1n) is 7.08. The Labute approximate surface area is 143 Å². The lowest BCUT2D eigenvalue weighted by Crippen LogP contribution is -2.29. The van der Waals surface area contributed by atoms with Gasteiger partial charge in [-0.2, -0.15) is 0 Å². The van der Waals surface area contributed by atoms with E-state index >= 15 is 0 Å². The Morgan fingerprint density at radius 2 is 2.04 bits per heavy atom. The zero-order valence-electron chi connectivity index (χ0n) is 13.1. The van der Waals surface area contributed by atoms with Crippen LogP contribution in [0.3, 0.4) is 0 Å². The van der Waals surface area contributed by atoms with Gasteiger partial charge in [-0.1, -0.05) is 6.07 Å². The van der Waals surface area contributed by atoms with Gasteiger partial charge in [0.15, 0.2) is 0 Å². The number of anilines is 1. The Morgan fingerprint density at radius 1 is 1.30 bits per heavy atom. The summed E-state index contributed by atoms with van der Waals surface area (Å²) in [5.74, 6) is -0.152. The van der Waals surface area contributed by atoms with Gasteiger partial charge < -0.3 is 15.8 Å². The van der Waals surface area contributed by atoms with E-state index in [1.54, 1.807) is 19.2 Å². The van der Waals surface area contributed by atoms with Gasteiger partial charge in [-0.15, -0.1) is 12.4 Å². The summed E-state index contributed by atoms with van der Waals surface area (Å²) in [4.78, 5) is 11.9. The number of carbonyl (C=O) groups excluding carboxylic acids is 1. The number of halogens is 1. The van der Waals surface area contributed by atoms with E-state index in [4.69, 9.17) is 10.5 Å². The van der Waals surface area contributed by atoms with Crippen molar-refractivity contribution in [1.29, 1.82) is 0 Å². The molecule has 7 nitrogen and oxygen atoms in total. The van der Waals surface area contributed by atoms with Gasteiger partial charge >= 0.3 is 0 Å². The quantitative estimate of drug-likeness (QED) is 0.538. The van der Waals surface area contributed by atoms with Crippen molar-refractivity contribution in [2.24, 2.45) is 5.73 Å². The number of sulfonamides is 1. The molecule has 1 rings (SSSR count). The zero-order chi connectivity index (χ0) is 16.4. The van der Waals surface area contributed by atoms with Crippen molar-refractivity contribution in [3.63, 3.8) is 0 Å². The summed E-state index contributed by atoms with van der Waals surface area (Å²) in [5.41, 5.74) is 5.74. The molecule has 4 N–H and O–H groups in total. The van der Waals surface area contributed by atoms with Crippen LogP contribution in [0.4, 0.5) is 5.69 Å². The lowest BCUT2D eigenvalue weighted by Gasteiger charge is -2.09. The molecule has 0 heterocycles. The molecule has 1 aromatic carbocycles. The second kappa shape index (κ2) is 11.4. The molecule has 0 radical (unpaired) electrons. The van der Waals surface area contributed by atoms with Crippen LogP contribution in [0.1, 0.15) is 19.3 Å². The van der Waals surface area contributed by atoms with E-state index in [1.165, 1.54) is 12.1 Å². The van der Waals surface area contributed by atoms with Gasteiger partial charge in [-0.3, -0.25) is 4.79 Å². The lowest BCUT2D eigenvalue weighted by molar-refractivity contribution is -0.116. The smallest absolute Gasteiger partial charge is 0.240 e. The molecule has 0 atom stereocenters. The highest BCUT2D eigenvalue weighted by Crippen LogP contribution is 2.15. The fourth-order valence-corrected chi connectivity index (χ4v) is 2.87. The number of nitrogens with one attached hydrogen (secondary N) is 2. The highest BCUT2D eigenvalue weighted by atomic mass is 35.5. The summed E-state index contributed by atoms with van der Waals surface area (Å²) >= 11 is 0. The average Bonchev–Trinajstić information content (AvgIpc) is 2.50. The van der Waals surface area contributed by atoms with Crippen molar-refractivity contribution in [1.82, 2.24) is 4.72 Å². The van der Waals surface area contributed by atoms with E-state index in [1.807, 2.05) is 0 Å². The van der Waals surface area contributed by atoms with Crippen LogP contribution in [0.2, 0.25) is 0 Å². The van der Waals surface area contributed by atoms with Crippen LogP contribution >= 0.6 is 12.4 Å². The molecule has 0 fully saturated rings. The van der Waals surface area contributed by atoms with Gasteiger partial charge in [0.05, 0.1) is 4.90 Å². The Balaban J connectivity index is 0.00000484. The SMILES string of the molecule is COCCCCC(=O)Nc1cccc(S(=O)(=O)NCCN)c1.Cl. The Hall–Kier alpha value is -1.19. The third kappa shape index (κ3) is 8.29. The molecule has 0 aliphatic heterocycles. The summed E-state index contributed by atoms with van der Waals surface area (Å²) < 4.78 is 31.2. The number of benzene rings is 1. The maximum atomic E-state index is 12.0. The number of hydrogen-bond donors (Lipinski definition) is 3. The number of unbranched alkanes of at least 4 members (excludes halogenated alkanes) is 1. The summed E-state index contributed by atoms with van der Waals surface area (Å²) in [7, 11) is -1.99. The predicted octanol–water partition coefficient (Wildman–Crippen LogP) is 1.10. The van der Waals surface area contributed by atoms with Gasteiger partial charge in [0.25, 0.3) is 0 Å². The molecule has 0 unspecified atom stereocenters. The van der Waals surface area contributed by atoms with Gasteiger partial charge in [0.1, 0.15) is 0 Å². The van der Waals surface area contributed by atoms with Crippen molar-refractivity contribution in [2.45, 2.75) is 24.2 Å². The molecular weight excluding hydrogens is 342 g/mol. The molecule has 1 amide bonds. The summed E-state index contributed by atoms with van der Waals surface area (Å²) in [6.45, 7) is 1.00. The third-order valence-electron chi connectivity index (χ3n) is 2.87. The number of methoxy groups -OCH3 is 1. The number of ether oxygens (including phenoxy) is 1. The fraction of sp³-hybridized carbons (Fsp3) is 0.500. The Kier molecular flexibility index (Phi) is 10.8. The molecule has 0 aliphatic carbocycles. The highest BCUT2D eigenvalue weighted by Gasteiger charge is 2.13. The van der Waals surface area contributed by atoms with E-state index in [2.05, 4.69) is 10.0 Å². The maximum Gasteiger partial charge on any atom is 0.240 e. The minimum absolute atomic E-state index is 0. The summed E-state index contributed by atoms with van der Waals surface area (Å²) in [5, 5.41) is 2.69. The van der Waals surface area contributed by atoms with Crippen LogP contribution in [0.25, 0.3) is 0 Å². The minimum atomic E-state index is -3.60.